The number of aliphatic imine (C=N–C) groups is 1. The summed E-state index contributed by atoms with van der Waals surface area (Å²) in [6.07, 6.45) is 1.76. The zero-order valence-corrected chi connectivity index (χ0v) is 16.1. The number of anilines is 1. The Morgan fingerprint density at radius 3 is 2.88 bits per heavy atom. The van der Waals surface area contributed by atoms with E-state index in [0.717, 1.165) is 29.9 Å². The van der Waals surface area contributed by atoms with Crippen molar-refractivity contribution in [3.63, 3.8) is 0 Å². The molecule has 1 aliphatic rings. The van der Waals surface area contributed by atoms with Crippen molar-refractivity contribution in [2.24, 2.45) is 4.99 Å². The normalized spacial score (nSPS) is 17.8. The molecule has 7 nitrogen and oxygen atoms in total. The molecule has 2 aromatic rings. The molecular formula is C17H23BrN6O. The van der Waals surface area contributed by atoms with Crippen LogP contribution in [0.25, 0.3) is 0 Å². The highest BCUT2D eigenvalue weighted by Gasteiger charge is 2.23. The second kappa shape index (κ2) is 8.33. The molecule has 1 aromatic heterocycles. The lowest BCUT2D eigenvalue weighted by Gasteiger charge is -2.20. The molecule has 25 heavy (non-hydrogen) atoms. The van der Waals surface area contributed by atoms with E-state index in [0.29, 0.717) is 30.7 Å². The molecule has 1 atom stereocenters. The molecular weight excluding hydrogens is 384 g/mol. The van der Waals surface area contributed by atoms with E-state index in [1.165, 1.54) is 5.69 Å². The molecule has 1 saturated heterocycles. The van der Waals surface area contributed by atoms with E-state index in [1.54, 1.807) is 7.05 Å². The molecule has 1 fully saturated rings. The highest BCUT2D eigenvalue weighted by atomic mass is 79.9. The summed E-state index contributed by atoms with van der Waals surface area (Å²) < 4.78 is 6.22. The fraction of sp³-hybridized carbons (Fsp3) is 0.471. The van der Waals surface area contributed by atoms with Crippen LogP contribution in [0.1, 0.15) is 18.1 Å². The predicted molar refractivity (Wildman–Crippen MR) is 102 cm³/mol. The summed E-state index contributed by atoms with van der Waals surface area (Å²) in [7, 11) is 1.79. The van der Waals surface area contributed by atoms with Gasteiger partial charge in [-0.3, -0.25) is 4.99 Å². The van der Waals surface area contributed by atoms with Crippen LogP contribution < -0.4 is 15.5 Å². The minimum atomic E-state index is 0.375. The molecule has 2 heterocycles. The third-order valence-corrected chi connectivity index (χ3v) is 4.67. The highest BCUT2D eigenvalue weighted by molar-refractivity contribution is 9.10. The first-order valence-corrected chi connectivity index (χ1v) is 9.20. The Morgan fingerprint density at radius 2 is 2.20 bits per heavy atom. The second-order valence-corrected chi connectivity index (χ2v) is 6.95. The van der Waals surface area contributed by atoms with Gasteiger partial charge in [-0.25, -0.2) is 0 Å². The van der Waals surface area contributed by atoms with E-state index in [9.17, 15) is 0 Å². The number of halogens is 1. The van der Waals surface area contributed by atoms with Crippen molar-refractivity contribution in [2.45, 2.75) is 25.8 Å². The number of benzene rings is 1. The first kappa shape index (κ1) is 17.7. The number of guanidine groups is 1. The zero-order valence-electron chi connectivity index (χ0n) is 14.5. The first-order valence-electron chi connectivity index (χ1n) is 8.41. The van der Waals surface area contributed by atoms with Gasteiger partial charge in [0.25, 0.3) is 0 Å². The Bertz CT molecular complexity index is 714. The third-order valence-electron chi connectivity index (χ3n) is 4.15. The van der Waals surface area contributed by atoms with E-state index < -0.39 is 0 Å². The van der Waals surface area contributed by atoms with Crippen molar-refractivity contribution in [3.8, 4) is 0 Å². The van der Waals surface area contributed by atoms with Crippen LogP contribution in [-0.4, -0.2) is 48.8 Å². The lowest BCUT2D eigenvalue weighted by atomic mass is 10.2. The van der Waals surface area contributed by atoms with Crippen LogP contribution in [0.5, 0.6) is 0 Å². The van der Waals surface area contributed by atoms with Gasteiger partial charge < -0.3 is 20.1 Å². The summed E-state index contributed by atoms with van der Waals surface area (Å²) in [6, 6.07) is 8.82. The van der Waals surface area contributed by atoms with Crippen molar-refractivity contribution in [2.75, 3.05) is 31.6 Å². The van der Waals surface area contributed by atoms with E-state index in [4.69, 9.17) is 4.52 Å². The molecule has 1 unspecified atom stereocenters. The van der Waals surface area contributed by atoms with Gasteiger partial charge in [-0.2, -0.15) is 4.98 Å². The van der Waals surface area contributed by atoms with E-state index in [2.05, 4.69) is 70.9 Å². The van der Waals surface area contributed by atoms with Crippen LogP contribution in [0.2, 0.25) is 0 Å². The molecule has 0 radical (unpaired) electrons. The van der Waals surface area contributed by atoms with Crippen LogP contribution in [0.15, 0.2) is 38.3 Å². The van der Waals surface area contributed by atoms with Gasteiger partial charge in [0.1, 0.15) is 0 Å². The first-order chi connectivity index (χ1) is 12.1. The van der Waals surface area contributed by atoms with Crippen molar-refractivity contribution in [3.05, 3.63) is 40.5 Å². The van der Waals surface area contributed by atoms with Crippen molar-refractivity contribution in [1.29, 1.82) is 0 Å². The smallest absolute Gasteiger partial charge is 0.228 e. The molecule has 2 N–H and O–H groups in total. The Hall–Kier alpha value is -2.09. The summed E-state index contributed by atoms with van der Waals surface area (Å²) in [5.41, 5.74) is 1.25. The van der Waals surface area contributed by atoms with Gasteiger partial charge in [0.05, 0.1) is 0 Å². The van der Waals surface area contributed by atoms with Crippen LogP contribution >= 0.6 is 15.9 Å². The van der Waals surface area contributed by atoms with Gasteiger partial charge in [-0.1, -0.05) is 21.1 Å². The van der Waals surface area contributed by atoms with Crippen LogP contribution in [0.4, 0.5) is 5.69 Å². The quantitative estimate of drug-likeness (QED) is 0.584. The van der Waals surface area contributed by atoms with E-state index in [1.807, 2.05) is 6.92 Å². The summed E-state index contributed by atoms with van der Waals surface area (Å²) >= 11 is 3.48. The van der Waals surface area contributed by atoms with Gasteiger partial charge in [-0.05, 0) is 37.6 Å². The van der Waals surface area contributed by atoms with Gasteiger partial charge in [0.15, 0.2) is 11.8 Å². The third kappa shape index (κ3) is 4.94. The van der Waals surface area contributed by atoms with Crippen LogP contribution in [0, 0.1) is 6.92 Å². The van der Waals surface area contributed by atoms with Crippen molar-refractivity contribution < 1.29 is 4.52 Å². The van der Waals surface area contributed by atoms with Gasteiger partial charge in [0.2, 0.25) is 5.89 Å². The van der Waals surface area contributed by atoms with Gasteiger partial charge in [0, 0.05) is 49.3 Å². The minimum absolute atomic E-state index is 0.375. The zero-order chi connectivity index (χ0) is 17.6. The molecule has 0 aliphatic carbocycles. The molecule has 3 rings (SSSR count). The molecule has 0 bridgehead atoms. The Balaban J connectivity index is 1.45. The summed E-state index contributed by atoms with van der Waals surface area (Å²) in [5, 5.41) is 10.6. The average molecular weight is 407 g/mol. The van der Waals surface area contributed by atoms with Crippen LogP contribution in [-0.2, 0) is 6.42 Å². The fourth-order valence-corrected chi connectivity index (χ4v) is 3.15. The second-order valence-electron chi connectivity index (χ2n) is 6.04. The number of aryl methyl sites for hydroxylation is 1. The van der Waals surface area contributed by atoms with E-state index >= 15 is 0 Å². The number of hydrogen-bond donors (Lipinski definition) is 2. The summed E-state index contributed by atoms with van der Waals surface area (Å²) in [6.45, 7) is 4.52. The molecule has 0 amide bonds. The molecule has 1 aromatic carbocycles. The molecule has 8 heteroatoms. The SMILES string of the molecule is CN=C(NCCc1nc(C)no1)NC1CCN(c2ccc(Br)cc2)C1. The van der Waals surface area contributed by atoms with Crippen molar-refractivity contribution >= 4 is 27.6 Å². The minimum Gasteiger partial charge on any atom is -0.369 e. The number of rotatable bonds is 5. The van der Waals surface area contributed by atoms with Crippen molar-refractivity contribution in [1.82, 2.24) is 20.8 Å². The fourth-order valence-electron chi connectivity index (χ4n) is 2.88. The average Bonchev–Trinajstić information content (AvgIpc) is 3.24. The Labute approximate surface area is 156 Å². The topological polar surface area (TPSA) is 78.6 Å². The maximum absolute atomic E-state index is 5.11. The molecule has 0 spiro atoms. The number of nitrogens with zero attached hydrogens (tertiary/aromatic N) is 4. The largest absolute Gasteiger partial charge is 0.369 e. The monoisotopic (exact) mass is 406 g/mol. The predicted octanol–water partition coefficient (Wildman–Crippen LogP) is 2.13. The molecule has 0 saturated carbocycles. The summed E-state index contributed by atoms with van der Waals surface area (Å²) in [5.74, 6) is 2.11. The highest BCUT2D eigenvalue weighted by Crippen LogP contribution is 2.22. The number of nitrogens with one attached hydrogen (secondary N) is 2. The van der Waals surface area contributed by atoms with Gasteiger partial charge in [-0.15, -0.1) is 0 Å². The number of aromatic nitrogens is 2. The Morgan fingerprint density at radius 1 is 1.40 bits per heavy atom. The molecule has 134 valence electrons. The van der Waals surface area contributed by atoms with E-state index in [-0.39, 0.29) is 0 Å². The molecule has 1 aliphatic heterocycles. The van der Waals surface area contributed by atoms with Crippen LogP contribution in [0.3, 0.4) is 0 Å². The lowest BCUT2D eigenvalue weighted by molar-refractivity contribution is 0.374. The maximum Gasteiger partial charge on any atom is 0.228 e. The number of hydrogen-bond acceptors (Lipinski definition) is 5. The Kier molecular flexibility index (Phi) is 5.91. The maximum atomic E-state index is 5.11. The standard InChI is InChI=1S/C17H23BrN6O/c1-12-21-16(25-23-12)7-9-20-17(19-2)22-14-8-10-24(11-14)15-5-3-13(18)4-6-15/h3-6,14H,7-11H2,1-2H3,(H2,19,20,22). The summed E-state index contributed by atoms with van der Waals surface area (Å²) in [4.78, 5) is 10.9. The van der Waals surface area contributed by atoms with Gasteiger partial charge >= 0.3 is 0 Å². The lowest BCUT2D eigenvalue weighted by Crippen LogP contribution is -2.45.